The number of aromatic hydroxyl groups is 1. The molecule has 98 valence electrons. The van der Waals surface area contributed by atoms with Crippen molar-refractivity contribution in [2.75, 3.05) is 0 Å². The van der Waals surface area contributed by atoms with Gasteiger partial charge in [-0.05, 0) is 31.2 Å². The zero-order valence-electron chi connectivity index (χ0n) is 10.7. The number of hydrogen-bond acceptors (Lipinski definition) is 4. The first kappa shape index (κ1) is 14.6. The molecule has 0 aliphatic carbocycles. The first-order valence-electron chi connectivity index (χ1n) is 5.88. The largest absolute Gasteiger partial charge is 0.508 e. The van der Waals surface area contributed by atoms with Crippen molar-refractivity contribution in [2.45, 2.75) is 25.9 Å². The highest BCUT2D eigenvalue weighted by molar-refractivity contribution is 5.79. The summed E-state index contributed by atoms with van der Waals surface area (Å²) in [5.74, 6) is 2.22. The lowest BCUT2D eigenvalue weighted by molar-refractivity contribution is -0.120. The monoisotopic (exact) mass is 257 g/mol. The maximum atomic E-state index is 11.7. The number of carbonyl (C=O) groups excluding carboxylic acids is 1. The minimum atomic E-state index is -0.673. The Morgan fingerprint density at radius 1 is 1.42 bits per heavy atom. The van der Waals surface area contributed by atoms with Gasteiger partial charge in [-0.3, -0.25) is 4.79 Å². The van der Waals surface area contributed by atoms with Gasteiger partial charge in [0.2, 0.25) is 0 Å². The van der Waals surface area contributed by atoms with Gasteiger partial charge in [0.25, 0.3) is 0 Å². The third-order valence-electron chi connectivity index (χ3n) is 2.48. The smallest absolute Gasteiger partial charge is 0.138 e. The van der Waals surface area contributed by atoms with E-state index in [2.05, 4.69) is 5.92 Å². The van der Waals surface area contributed by atoms with Crippen molar-refractivity contribution in [1.29, 1.82) is 5.26 Å². The number of rotatable bonds is 6. The van der Waals surface area contributed by atoms with Gasteiger partial charge in [0.05, 0.1) is 6.07 Å². The summed E-state index contributed by atoms with van der Waals surface area (Å²) in [6.07, 6.45) is 5.06. The van der Waals surface area contributed by atoms with Gasteiger partial charge in [-0.2, -0.15) is 5.26 Å². The number of nitriles is 1. The molecule has 0 aliphatic heterocycles. The van der Waals surface area contributed by atoms with Gasteiger partial charge in [-0.1, -0.05) is 5.92 Å². The lowest BCUT2D eigenvalue weighted by Crippen LogP contribution is -2.18. The number of nitrogens with zero attached hydrogens (tertiary/aromatic N) is 1. The summed E-state index contributed by atoms with van der Waals surface area (Å²) in [5, 5.41) is 17.8. The third-order valence-corrected chi connectivity index (χ3v) is 2.48. The number of terminal acetylenes is 1. The molecule has 4 heteroatoms. The number of benzene rings is 1. The van der Waals surface area contributed by atoms with E-state index in [1.165, 1.54) is 12.1 Å². The van der Waals surface area contributed by atoms with Crippen molar-refractivity contribution in [3.8, 4) is 29.9 Å². The van der Waals surface area contributed by atoms with Crippen LogP contribution in [-0.2, 0) is 4.79 Å². The lowest BCUT2D eigenvalue weighted by atomic mass is 10.0. The molecular weight excluding hydrogens is 242 g/mol. The van der Waals surface area contributed by atoms with Crippen molar-refractivity contribution in [3.05, 3.63) is 24.3 Å². The Balaban J connectivity index is 2.45. The quantitative estimate of drug-likeness (QED) is 0.794. The topological polar surface area (TPSA) is 70.3 Å². The molecule has 0 radical (unpaired) electrons. The molecule has 0 bridgehead atoms. The van der Waals surface area contributed by atoms with Crippen molar-refractivity contribution >= 4 is 5.78 Å². The Kier molecular flexibility index (Phi) is 5.44. The summed E-state index contributed by atoms with van der Waals surface area (Å²) >= 11 is 0. The van der Waals surface area contributed by atoms with E-state index in [0.717, 1.165) is 0 Å². The predicted octanol–water partition coefficient (Wildman–Crippen LogP) is 2.28. The van der Waals surface area contributed by atoms with Crippen LogP contribution < -0.4 is 4.74 Å². The Labute approximate surface area is 112 Å². The molecular formula is C15H15NO3. The van der Waals surface area contributed by atoms with Crippen LogP contribution in [0.25, 0.3) is 0 Å². The van der Waals surface area contributed by atoms with E-state index >= 15 is 0 Å². The number of hydrogen-bond donors (Lipinski definition) is 1. The van der Waals surface area contributed by atoms with E-state index in [4.69, 9.17) is 21.5 Å². The molecule has 0 aliphatic rings. The van der Waals surface area contributed by atoms with Crippen LogP contribution in [0.1, 0.15) is 19.8 Å². The number of ketones is 1. The average Bonchev–Trinajstić information content (AvgIpc) is 2.38. The van der Waals surface area contributed by atoms with Gasteiger partial charge in [-0.25, -0.2) is 0 Å². The molecule has 4 nitrogen and oxygen atoms in total. The maximum absolute atomic E-state index is 11.7. The van der Waals surface area contributed by atoms with Gasteiger partial charge in [0.15, 0.2) is 0 Å². The molecule has 0 saturated heterocycles. The normalized spacial score (nSPS) is 12.8. The fourth-order valence-corrected chi connectivity index (χ4v) is 1.57. The maximum Gasteiger partial charge on any atom is 0.138 e. The summed E-state index contributed by atoms with van der Waals surface area (Å²) in [7, 11) is 0. The summed E-state index contributed by atoms with van der Waals surface area (Å²) in [6.45, 7) is 1.77. The fourth-order valence-electron chi connectivity index (χ4n) is 1.57. The second-order valence-corrected chi connectivity index (χ2v) is 4.22. The standard InChI is InChI=1S/C15H15NO3/c1-3-12(10-16)9-14(18)8-11(2)19-15-6-4-13(17)5-7-15/h1,4-7,11-12,17H,8-9H2,2H3. The average molecular weight is 257 g/mol. The Morgan fingerprint density at radius 2 is 2.05 bits per heavy atom. The van der Waals surface area contributed by atoms with Gasteiger partial charge in [0, 0.05) is 12.8 Å². The zero-order chi connectivity index (χ0) is 14.3. The van der Waals surface area contributed by atoms with Crippen LogP contribution in [-0.4, -0.2) is 17.0 Å². The molecule has 2 atom stereocenters. The van der Waals surface area contributed by atoms with Crippen molar-refractivity contribution < 1.29 is 14.6 Å². The van der Waals surface area contributed by atoms with Crippen molar-refractivity contribution in [3.63, 3.8) is 0 Å². The van der Waals surface area contributed by atoms with Crippen LogP contribution in [0.2, 0.25) is 0 Å². The molecule has 1 aromatic carbocycles. The SMILES string of the molecule is C#CC(C#N)CC(=O)CC(C)Oc1ccc(O)cc1. The Bertz CT molecular complexity index is 494. The number of phenolic OH excluding ortho intramolecular Hbond substituents is 1. The highest BCUT2D eigenvalue weighted by atomic mass is 16.5. The van der Waals surface area contributed by atoms with Crippen molar-refractivity contribution in [2.24, 2.45) is 5.92 Å². The van der Waals surface area contributed by atoms with Gasteiger partial charge >= 0.3 is 0 Å². The molecule has 19 heavy (non-hydrogen) atoms. The summed E-state index contributed by atoms with van der Waals surface area (Å²) in [6, 6.07) is 8.14. The van der Waals surface area contributed by atoms with E-state index in [0.29, 0.717) is 5.75 Å². The Hall–Kier alpha value is -2.46. The minimum Gasteiger partial charge on any atom is -0.508 e. The summed E-state index contributed by atoms with van der Waals surface area (Å²) in [5.41, 5.74) is 0. The van der Waals surface area contributed by atoms with Crippen LogP contribution in [0, 0.1) is 29.6 Å². The molecule has 2 unspecified atom stereocenters. The summed E-state index contributed by atoms with van der Waals surface area (Å²) in [4.78, 5) is 11.7. The van der Waals surface area contributed by atoms with E-state index in [9.17, 15) is 4.79 Å². The number of phenols is 1. The molecule has 1 N–H and O–H groups in total. The Morgan fingerprint density at radius 3 is 2.58 bits per heavy atom. The minimum absolute atomic E-state index is 0.0519. The summed E-state index contributed by atoms with van der Waals surface area (Å²) < 4.78 is 5.52. The number of Topliss-reactive ketones (excluding diaryl/α,β-unsaturated/α-hetero) is 1. The van der Waals surface area contributed by atoms with E-state index in [1.807, 2.05) is 6.07 Å². The van der Waals surface area contributed by atoms with Gasteiger partial charge in [-0.15, -0.1) is 6.42 Å². The zero-order valence-corrected chi connectivity index (χ0v) is 10.7. The number of carbonyl (C=O) groups is 1. The lowest BCUT2D eigenvalue weighted by Gasteiger charge is -2.14. The van der Waals surface area contributed by atoms with Crippen molar-refractivity contribution in [1.82, 2.24) is 0 Å². The second kappa shape index (κ2) is 7.08. The van der Waals surface area contributed by atoms with Crippen LogP contribution in [0.5, 0.6) is 11.5 Å². The third kappa shape index (κ3) is 5.14. The molecule has 1 aromatic rings. The second-order valence-electron chi connectivity index (χ2n) is 4.22. The molecule has 0 amide bonds. The van der Waals surface area contributed by atoms with Crippen LogP contribution in [0.4, 0.5) is 0 Å². The first-order chi connectivity index (χ1) is 9.05. The molecule has 0 fully saturated rings. The van der Waals surface area contributed by atoms with Gasteiger partial charge < -0.3 is 9.84 Å². The molecule has 0 saturated carbocycles. The van der Waals surface area contributed by atoms with E-state index < -0.39 is 5.92 Å². The molecule has 0 aromatic heterocycles. The van der Waals surface area contributed by atoms with E-state index in [-0.39, 0.29) is 30.5 Å². The van der Waals surface area contributed by atoms with Crippen LogP contribution in [0.15, 0.2) is 24.3 Å². The van der Waals surface area contributed by atoms with E-state index in [1.54, 1.807) is 19.1 Å². The molecule has 1 rings (SSSR count). The molecule has 0 heterocycles. The van der Waals surface area contributed by atoms with Gasteiger partial charge in [0.1, 0.15) is 29.3 Å². The first-order valence-corrected chi connectivity index (χ1v) is 5.88. The molecule has 0 spiro atoms. The highest BCUT2D eigenvalue weighted by Crippen LogP contribution is 2.18. The predicted molar refractivity (Wildman–Crippen MR) is 70.4 cm³/mol. The van der Waals surface area contributed by atoms with Crippen LogP contribution in [0.3, 0.4) is 0 Å². The van der Waals surface area contributed by atoms with Crippen LogP contribution >= 0.6 is 0 Å². The highest BCUT2D eigenvalue weighted by Gasteiger charge is 2.15. The number of ether oxygens (including phenoxy) is 1. The fraction of sp³-hybridized carbons (Fsp3) is 0.333.